The molecule has 1 fully saturated rings. The summed E-state index contributed by atoms with van der Waals surface area (Å²) in [6.07, 6.45) is 0.969. The second kappa shape index (κ2) is 11.6. The second-order valence-electron chi connectivity index (χ2n) is 8.99. The molecule has 4 rings (SSSR count). The van der Waals surface area contributed by atoms with Gasteiger partial charge in [0.25, 0.3) is 5.56 Å². The summed E-state index contributed by atoms with van der Waals surface area (Å²) >= 11 is 5.80. The zero-order chi connectivity index (χ0) is 23.9. The summed E-state index contributed by atoms with van der Waals surface area (Å²) in [6.45, 7) is 10.6. The van der Waals surface area contributed by atoms with E-state index in [4.69, 9.17) is 17.0 Å². The molecule has 0 saturated carbocycles. The van der Waals surface area contributed by atoms with Crippen molar-refractivity contribution in [2.75, 3.05) is 39.4 Å². The molecule has 0 aliphatic carbocycles. The third-order valence-corrected chi connectivity index (χ3v) is 6.86. The van der Waals surface area contributed by atoms with Crippen LogP contribution in [0.4, 0.5) is 0 Å². The number of nitrogens with zero attached hydrogens (tertiary/aromatic N) is 2. The quantitative estimate of drug-likeness (QED) is 0.481. The number of morpholine rings is 1. The van der Waals surface area contributed by atoms with E-state index in [1.165, 1.54) is 5.56 Å². The summed E-state index contributed by atoms with van der Waals surface area (Å²) in [4.78, 5) is 20.6. The number of hydrogen-bond donors (Lipinski definition) is 2. The number of pyridine rings is 1. The number of thiocarbonyl (C=S) groups is 1. The van der Waals surface area contributed by atoms with Crippen LogP contribution >= 0.6 is 12.2 Å². The van der Waals surface area contributed by atoms with Crippen LogP contribution in [-0.4, -0.2) is 59.3 Å². The Balaban J connectivity index is 1.50. The zero-order valence-electron chi connectivity index (χ0n) is 20.1. The van der Waals surface area contributed by atoms with Gasteiger partial charge < -0.3 is 19.9 Å². The highest BCUT2D eigenvalue weighted by Gasteiger charge is 2.16. The van der Waals surface area contributed by atoms with Gasteiger partial charge in [0.15, 0.2) is 5.11 Å². The molecule has 1 saturated heterocycles. The molecule has 0 amide bonds. The lowest BCUT2D eigenvalue weighted by Gasteiger charge is -2.29. The normalized spacial score (nSPS) is 14.3. The first-order valence-corrected chi connectivity index (χ1v) is 12.4. The smallest absolute Gasteiger partial charge is 0.253 e. The minimum Gasteiger partial charge on any atom is -0.379 e. The molecule has 2 heterocycles. The van der Waals surface area contributed by atoms with Crippen LogP contribution in [0.5, 0.6) is 0 Å². The molecule has 1 aliphatic rings. The maximum absolute atomic E-state index is 13.0. The number of aryl methyl sites for hydroxylation is 2. The molecule has 1 aliphatic heterocycles. The topological polar surface area (TPSA) is 60.6 Å². The fraction of sp³-hybridized carbons (Fsp3) is 0.407. The highest BCUT2D eigenvalue weighted by Crippen LogP contribution is 2.20. The van der Waals surface area contributed by atoms with Crippen molar-refractivity contribution in [1.29, 1.82) is 0 Å². The predicted molar refractivity (Wildman–Crippen MR) is 142 cm³/mol. The summed E-state index contributed by atoms with van der Waals surface area (Å²) in [5.41, 5.74) is 5.00. The number of rotatable bonds is 8. The van der Waals surface area contributed by atoms with Crippen LogP contribution < -0.4 is 10.9 Å². The highest BCUT2D eigenvalue weighted by atomic mass is 32.1. The van der Waals surface area contributed by atoms with E-state index in [0.717, 1.165) is 73.4 Å². The SMILES string of the molecule is Cc1ccc(C)c2[nH]c(=O)c(CN(CCCN3CCOCC3)C(=S)NCc3ccccc3)cc12. The van der Waals surface area contributed by atoms with Gasteiger partial charge in [0, 0.05) is 43.7 Å². The van der Waals surface area contributed by atoms with Gasteiger partial charge in [-0.3, -0.25) is 9.69 Å². The molecule has 1 aromatic heterocycles. The third-order valence-electron chi connectivity index (χ3n) is 6.46. The Morgan fingerprint density at radius 1 is 1.12 bits per heavy atom. The second-order valence-corrected chi connectivity index (χ2v) is 9.37. The fourth-order valence-corrected chi connectivity index (χ4v) is 4.62. The van der Waals surface area contributed by atoms with Crippen molar-refractivity contribution >= 4 is 28.2 Å². The van der Waals surface area contributed by atoms with Gasteiger partial charge >= 0.3 is 0 Å². The highest BCUT2D eigenvalue weighted by molar-refractivity contribution is 7.80. The van der Waals surface area contributed by atoms with Crippen LogP contribution in [0, 0.1) is 13.8 Å². The Hall–Kier alpha value is -2.74. The van der Waals surface area contributed by atoms with Gasteiger partial charge in [-0.2, -0.15) is 0 Å². The van der Waals surface area contributed by atoms with Crippen LogP contribution in [-0.2, 0) is 17.8 Å². The van der Waals surface area contributed by atoms with Gasteiger partial charge in [0.05, 0.1) is 25.3 Å². The summed E-state index contributed by atoms with van der Waals surface area (Å²) in [6, 6.07) is 16.4. The van der Waals surface area contributed by atoms with Crippen molar-refractivity contribution in [3.63, 3.8) is 0 Å². The number of hydrogen-bond acceptors (Lipinski definition) is 4. The Bertz CT molecular complexity index is 1170. The summed E-state index contributed by atoms with van der Waals surface area (Å²) < 4.78 is 5.46. The van der Waals surface area contributed by atoms with Gasteiger partial charge in [0.1, 0.15) is 0 Å². The van der Waals surface area contributed by atoms with Crippen LogP contribution in [0.15, 0.2) is 53.3 Å². The molecule has 0 unspecified atom stereocenters. The van der Waals surface area contributed by atoms with Crippen molar-refractivity contribution in [2.45, 2.75) is 33.4 Å². The lowest BCUT2D eigenvalue weighted by molar-refractivity contribution is 0.0367. The largest absolute Gasteiger partial charge is 0.379 e. The number of nitrogens with one attached hydrogen (secondary N) is 2. The number of H-pyrrole nitrogens is 1. The minimum absolute atomic E-state index is 0.0507. The average Bonchev–Trinajstić information content (AvgIpc) is 2.86. The first-order chi connectivity index (χ1) is 16.5. The van der Waals surface area contributed by atoms with Crippen LogP contribution in [0.25, 0.3) is 10.9 Å². The van der Waals surface area contributed by atoms with E-state index in [0.29, 0.717) is 18.2 Å². The molecule has 2 aromatic carbocycles. The zero-order valence-corrected chi connectivity index (χ0v) is 20.9. The van der Waals surface area contributed by atoms with E-state index in [9.17, 15) is 4.79 Å². The monoisotopic (exact) mass is 478 g/mol. The number of aromatic nitrogens is 1. The molecule has 0 spiro atoms. The Morgan fingerprint density at radius 2 is 1.85 bits per heavy atom. The minimum atomic E-state index is -0.0507. The maximum Gasteiger partial charge on any atom is 0.253 e. The molecular weight excluding hydrogens is 444 g/mol. The van der Waals surface area contributed by atoms with E-state index >= 15 is 0 Å². The average molecular weight is 479 g/mol. The van der Waals surface area contributed by atoms with Crippen LogP contribution in [0.3, 0.4) is 0 Å². The summed E-state index contributed by atoms with van der Waals surface area (Å²) in [5, 5.41) is 5.16. The van der Waals surface area contributed by atoms with Gasteiger partial charge in [-0.25, -0.2) is 0 Å². The van der Waals surface area contributed by atoms with E-state index in [2.05, 4.69) is 45.2 Å². The Kier molecular flexibility index (Phi) is 8.32. The number of benzene rings is 2. The van der Waals surface area contributed by atoms with Crippen molar-refractivity contribution in [3.05, 3.63) is 81.1 Å². The Morgan fingerprint density at radius 3 is 2.62 bits per heavy atom. The lowest BCUT2D eigenvalue weighted by atomic mass is 10.0. The fourth-order valence-electron chi connectivity index (χ4n) is 4.39. The van der Waals surface area contributed by atoms with Gasteiger partial charge in [-0.1, -0.05) is 42.5 Å². The molecule has 0 bridgehead atoms. The van der Waals surface area contributed by atoms with Crippen molar-refractivity contribution < 1.29 is 4.74 Å². The van der Waals surface area contributed by atoms with E-state index < -0.39 is 0 Å². The lowest BCUT2D eigenvalue weighted by Crippen LogP contribution is -2.42. The summed E-state index contributed by atoms with van der Waals surface area (Å²) in [7, 11) is 0. The predicted octanol–water partition coefficient (Wildman–Crippen LogP) is 3.74. The molecule has 7 heteroatoms. The maximum atomic E-state index is 13.0. The van der Waals surface area contributed by atoms with Crippen LogP contribution in [0.2, 0.25) is 0 Å². The molecule has 2 N–H and O–H groups in total. The summed E-state index contributed by atoms with van der Waals surface area (Å²) in [5.74, 6) is 0. The van der Waals surface area contributed by atoms with Crippen molar-refractivity contribution in [3.8, 4) is 0 Å². The first-order valence-electron chi connectivity index (χ1n) is 12.0. The van der Waals surface area contributed by atoms with E-state index in [1.807, 2.05) is 37.3 Å². The van der Waals surface area contributed by atoms with Crippen molar-refractivity contribution in [2.24, 2.45) is 0 Å². The standard InChI is InChI=1S/C27H34N4O2S/c1-20-9-10-21(2)25-24(20)17-23(26(32)29-25)19-31(12-6-11-30-13-15-33-16-14-30)27(34)28-18-22-7-4-3-5-8-22/h3-5,7-10,17H,6,11-16,18-19H2,1-2H3,(H,28,34)(H,29,32). The molecule has 3 aromatic rings. The molecular formula is C27H34N4O2S. The molecule has 6 nitrogen and oxygen atoms in total. The molecule has 0 radical (unpaired) electrons. The number of ether oxygens (including phenoxy) is 1. The number of fused-ring (bicyclic) bond motifs is 1. The number of aromatic amines is 1. The molecule has 34 heavy (non-hydrogen) atoms. The molecule has 180 valence electrons. The van der Waals surface area contributed by atoms with Gasteiger partial charge in [0.2, 0.25) is 0 Å². The molecule has 0 atom stereocenters. The van der Waals surface area contributed by atoms with Crippen LogP contribution in [0.1, 0.15) is 28.7 Å². The van der Waals surface area contributed by atoms with Gasteiger partial charge in [-0.15, -0.1) is 0 Å². The van der Waals surface area contributed by atoms with E-state index in [1.54, 1.807) is 0 Å². The Labute approximate surface area is 206 Å². The van der Waals surface area contributed by atoms with Crippen molar-refractivity contribution in [1.82, 2.24) is 20.1 Å². The van der Waals surface area contributed by atoms with E-state index in [-0.39, 0.29) is 5.56 Å². The third kappa shape index (κ3) is 6.23. The first kappa shape index (κ1) is 24.4. The van der Waals surface area contributed by atoms with Gasteiger partial charge in [-0.05, 0) is 55.2 Å².